The first-order valence-corrected chi connectivity index (χ1v) is 9.17. The molecule has 7 heteroatoms. The van der Waals surface area contributed by atoms with E-state index in [1.807, 2.05) is 18.4 Å². The number of nitrogens with one attached hydrogen (secondary N) is 1. The molecule has 5 nitrogen and oxygen atoms in total. The number of thioether (sulfide) groups is 1. The Labute approximate surface area is 134 Å². The van der Waals surface area contributed by atoms with E-state index in [4.69, 9.17) is 5.14 Å². The van der Waals surface area contributed by atoms with Crippen LogP contribution < -0.4 is 10.5 Å². The van der Waals surface area contributed by atoms with Crippen LogP contribution in [0.5, 0.6) is 0 Å². The van der Waals surface area contributed by atoms with Gasteiger partial charge >= 0.3 is 0 Å². The van der Waals surface area contributed by atoms with Crippen molar-refractivity contribution in [2.45, 2.75) is 16.7 Å². The number of anilines is 1. The van der Waals surface area contributed by atoms with Crippen LogP contribution in [0.2, 0.25) is 0 Å². The third kappa shape index (κ3) is 3.88. The third-order valence-electron chi connectivity index (χ3n) is 3.10. The van der Waals surface area contributed by atoms with Gasteiger partial charge in [0.15, 0.2) is 0 Å². The first-order valence-electron chi connectivity index (χ1n) is 6.40. The molecule has 0 spiro atoms. The van der Waals surface area contributed by atoms with E-state index < -0.39 is 10.0 Å². The van der Waals surface area contributed by atoms with Crippen molar-refractivity contribution in [1.82, 2.24) is 0 Å². The standard InChI is InChI=1S/C15H16N2O3S2/c1-10-3-4-11(9-14(10)22(16,19)20)15(18)17-12-5-7-13(21-2)8-6-12/h3-9H,1-2H3,(H,17,18)(H2,16,19,20). The molecule has 2 aromatic carbocycles. The maximum absolute atomic E-state index is 12.2. The summed E-state index contributed by atoms with van der Waals surface area (Å²) in [5.41, 5.74) is 1.38. The monoisotopic (exact) mass is 336 g/mol. The fraction of sp³-hybridized carbons (Fsp3) is 0.133. The van der Waals surface area contributed by atoms with E-state index in [1.165, 1.54) is 6.07 Å². The molecule has 0 fully saturated rings. The van der Waals surface area contributed by atoms with Gasteiger partial charge in [-0.1, -0.05) is 6.07 Å². The minimum Gasteiger partial charge on any atom is -0.322 e. The highest BCUT2D eigenvalue weighted by Crippen LogP contribution is 2.19. The number of rotatable bonds is 4. The lowest BCUT2D eigenvalue weighted by atomic mass is 10.1. The van der Waals surface area contributed by atoms with Gasteiger partial charge in [-0.15, -0.1) is 11.8 Å². The van der Waals surface area contributed by atoms with Crippen LogP contribution in [0, 0.1) is 6.92 Å². The molecule has 3 N–H and O–H groups in total. The summed E-state index contributed by atoms with van der Waals surface area (Å²) in [4.78, 5) is 13.3. The van der Waals surface area contributed by atoms with E-state index >= 15 is 0 Å². The molecule has 0 bridgehead atoms. The number of carbonyl (C=O) groups excluding carboxylic acids is 1. The van der Waals surface area contributed by atoms with Crippen LogP contribution in [0.15, 0.2) is 52.3 Å². The SMILES string of the molecule is CSc1ccc(NC(=O)c2ccc(C)c(S(N)(=O)=O)c2)cc1. The van der Waals surface area contributed by atoms with E-state index in [0.717, 1.165) is 4.90 Å². The molecule has 0 heterocycles. The normalized spacial score (nSPS) is 11.2. The summed E-state index contributed by atoms with van der Waals surface area (Å²) >= 11 is 1.61. The quantitative estimate of drug-likeness (QED) is 0.840. The topological polar surface area (TPSA) is 89.3 Å². The van der Waals surface area contributed by atoms with Crippen LogP contribution in [0.25, 0.3) is 0 Å². The second-order valence-corrected chi connectivity index (χ2v) is 7.12. The number of nitrogens with two attached hydrogens (primary N) is 1. The van der Waals surface area contributed by atoms with Gasteiger partial charge in [-0.2, -0.15) is 0 Å². The maximum atomic E-state index is 12.2. The van der Waals surface area contributed by atoms with Crippen LogP contribution in [0.3, 0.4) is 0 Å². The molecule has 0 unspecified atom stereocenters. The number of hydrogen-bond acceptors (Lipinski definition) is 4. The molecule has 2 rings (SSSR count). The van der Waals surface area contributed by atoms with Gasteiger partial charge in [-0.25, -0.2) is 13.6 Å². The molecular formula is C15H16N2O3S2. The minimum atomic E-state index is -3.85. The highest BCUT2D eigenvalue weighted by molar-refractivity contribution is 7.98. The molecule has 0 atom stereocenters. The molecule has 0 saturated heterocycles. The number of hydrogen-bond donors (Lipinski definition) is 2. The average molecular weight is 336 g/mol. The Morgan fingerprint density at radius 1 is 1.14 bits per heavy atom. The zero-order chi connectivity index (χ0) is 16.3. The van der Waals surface area contributed by atoms with Gasteiger partial charge in [-0.05, 0) is 55.1 Å². The molecule has 0 aliphatic rings. The number of primary sulfonamides is 1. The van der Waals surface area contributed by atoms with Crippen LogP contribution in [-0.2, 0) is 10.0 Å². The van der Waals surface area contributed by atoms with E-state index in [9.17, 15) is 13.2 Å². The van der Waals surface area contributed by atoms with Gasteiger partial charge in [0.25, 0.3) is 5.91 Å². The number of aryl methyl sites for hydroxylation is 1. The Hall–Kier alpha value is -1.83. The first kappa shape index (κ1) is 16.5. The Balaban J connectivity index is 2.26. The van der Waals surface area contributed by atoms with Crippen molar-refractivity contribution in [1.29, 1.82) is 0 Å². The first-order chi connectivity index (χ1) is 10.3. The van der Waals surface area contributed by atoms with Gasteiger partial charge in [-0.3, -0.25) is 4.79 Å². The lowest BCUT2D eigenvalue weighted by Gasteiger charge is -2.09. The van der Waals surface area contributed by atoms with E-state index in [2.05, 4.69) is 5.32 Å². The number of sulfonamides is 1. The summed E-state index contributed by atoms with van der Waals surface area (Å²) < 4.78 is 23.0. The van der Waals surface area contributed by atoms with Crippen molar-refractivity contribution in [3.63, 3.8) is 0 Å². The lowest BCUT2D eigenvalue weighted by molar-refractivity contribution is 0.102. The number of carbonyl (C=O) groups is 1. The van der Waals surface area contributed by atoms with E-state index in [-0.39, 0.29) is 16.4 Å². The van der Waals surface area contributed by atoms with Crippen molar-refractivity contribution >= 4 is 33.4 Å². The number of amides is 1. The molecule has 0 aliphatic carbocycles. The molecule has 116 valence electrons. The Morgan fingerprint density at radius 2 is 1.77 bits per heavy atom. The zero-order valence-electron chi connectivity index (χ0n) is 12.2. The predicted molar refractivity (Wildman–Crippen MR) is 88.7 cm³/mol. The fourth-order valence-corrected chi connectivity index (χ4v) is 3.14. The van der Waals surface area contributed by atoms with Crippen molar-refractivity contribution in [3.05, 3.63) is 53.6 Å². The van der Waals surface area contributed by atoms with Gasteiger partial charge in [0.2, 0.25) is 10.0 Å². The largest absolute Gasteiger partial charge is 0.322 e. The van der Waals surface area contributed by atoms with Crippen LogP contribution in [-0.4, -0.2) is 20.6 Å². The molecule has 0 aromatic heterocycles. The number of benzene rings is 2. The summed E-state index contributed by atoms with van der Waals surface area (Å²) in [5, 5.41) is 7.87. The minimum absolute atomic E-state index is 0.0436. The van der Waals surface area contributed by atoms with Gasteiger partial charge in [0.1, 0.15) is 0 Å². The second kappa shape index (κ2) is 6.51. The summed E-state index contributed by atoms with van der Waals surface area (Å²) in [6.07, 6.45) is 1.97. The molecule has 2 aromatic rings. The summed E-state index contributed by atoms with van der Waals surface area (Å²) in [6, 6.07) is 11.8. The molecule has 1 amide bonds. The maximum Gasteiger partial charge on any atom is 0.255 e. The van der Waals surface area contributed by atoms with Crippen LogP contribution >= 0.6 is 11.8 Å². The zero-order valence-corrected chi connectivity index (χ0v) is 13.8. The van der Waals surface area contributed by atoms with Crippen molar-refractivity contribution in [2.24, 2.45) is 5.14 Å². The van der Waals surface area contributed by atoms with Crippen molar-refractivity contribution < 1.29 is 13.2 Å². The lowest BCUT2D eigenvalue weighted by Crippen LogP contribution is -2.17. The van der Waals surface area contributed by atoms with E-state index in [1.54, 1.807) is 43.0 Å². The highest BCUT2D eigenvalue weighted by atomic mass is 32.2. The predicted octanol–water partition coefficient (Wildman–Crippen LogP) is 2.62. The van der Waals surface area contributed by atoms with Crippen LogP contribution in [0.1, 0.15) is 15.9 Å². The van der Waals surface area contributed by atoms with Gasteiger partial charge < -0.3 is 5.32 Å². The van der Waals surface area contributed by atoms with Crippen molar-refractivity contribution in [2.75, 3.05) is 11.6 Å². The van der Waals surface area contributed by atoms with Gasteiger partial charge in [0, 0.05) is 16.1 Å². The Kier molecular flexibility index (Phi) is 4.90. The smallest absolute Gasteiger partial charge is 0.255 e. The molecular weight excluding hydrogens is 320 g/mol. The summed E-state index contributed by atoms with van der Waals surface area (Å²) in [6.45, 7) is 1.63. The summed E-state index contributed by atoms with van der Waals surface area (Å²) in [5.74, 6) is -0.387. The second-order valence-electron chi connectivity index (χ2n) is 4.71. The molecule has 22 heavy (non-hydrogen) atoms. The molecule has 0 aliphatic heterocycles. The molecule has 0 radical (unpaired) electrons. The summed E-state index contributed by atoms with van der Waals surface area (Å²) in [7, 11) is -3.85. The Bertz CT molecular complexity index is 800. The van der Waals surface area contributed by atoms with Crippen molar-refractivity contribution in [3.8, 4) is 0 Å². The third-order valence-corrected chi connectivity index (χ3v) is 4.90. The van der Waals surface area contributed by atoms with Crippen LogP contribution in [0.4, 0.5) is 5.69 Å². The van der Waals surface area contributed by atoms with E-state index in [0.29, 0.717) is 11.3 Å². The molecule has 0 saturated carbocycles. The Morgan fingerprint density at radius 3 is 2.32 bits per heavy atom. The fourth-order valence-electron chi connectivity index (χ4n) is 1.93. The average Bonchev–Trinajstić information content (AvgIpc) is 2.47. The highest BCUT2D eigenvalue weighted by Gasteiger charge is 2.15. The van der Waals surface area contributed by atoms with Gasteiger partial charge in [0.05, 0.1) is 4.90 Å².